The van der Waals surface area contributed by atoms with Gasteiger partial charge in [-0.25, -0.2) is 0 Å². The number of nitrogens with zero attached hydrogens (tertiary/aromatic N) is 3. The van der Waals surface area contributed by atoms with Crippen molar-refractivity contribution in [2.45, 2.75) is 69.7 Å². The van der Waals surface area contributed by atoms with Gasteiger partial charge in [0.25, 0.3) is 0 Å². The molecule has 3 aliphatic rings. The summed E-state index contributed by atoms with van der Waals surface area (Å²) < 4.78 is 35.2. The first kappa shape index (κ1) is 27.5. The Morgan fingerprint density at radius 3 is 2.52 bits per heavy atom. The summed E-state index contributed by atoms with van der Waals surface area (Å²) in [5, 5.41) is 8.97. The van der Waals surface area contributed by atoms with Gasteiger partial charge >= 0.3 is 10.1 Å². The molecule has 0 radical (unpaired) electrons. The molecule has 1 aromatic heterocycles. The molecule has 0 N–H and O–H groups in total. The SMILES string of the molecule is Cc1ccc(S(=O)(=O)Oc2ccc3c(c2C)[C@H](Cn2cc(-c4ccc(Br)cc4)nn2)[C@@]24CC(=O)[C@@](C)(CC[C@@H]32)C4)cc1. The van der Waals surface area contributed by atoms with Crippen LogP contribution in [0.25, 0.3) is 11.3 Å². The Morgan fingerprint density at radius 1 is 1.05 bits per heavy atom. The van der Waals surface area contributed by atoms with E-state index in [9.17, 15) is 13.2 Å². The monoisotopic (exact) mass is 645 g/mol. The van der Waals surface area contributed by atoms with Crippen LogP contribution in [0, 0.1) is 24.7 Å². The zero-order valence-corrected chi connectivity index (χ0v) is 26.2. The van der Waals surface area contributed by atoms with Gasteiger partial charge in [0.05, 0.1) is 12.7 Å². The van der Waals surface area contributed by atoms with Gasteiger partial charge in [0.15, 0.2) is 0 Å². The number of Topliss-reactive ketones (excluding diaryl/α,β-unsaturated/α-hetero) is 1. The minimum atomic E-state index is -4.02. The van der Waals surface area contributed by atoms with Crippen LogP contribution in [0.2, 0.25) is 0 Å². The van der Waals surface area contributed by atoms with Crippen LogP contribution in [-0.4, -0.2) is 29.2 Å². The van der Waals surface area contributed by atoms with Gasteiger partial charge in [-0.05, 0) is 91.5 Å². The van der Waals surface area contributed by atoms with Crippen molar-refractivity contribution in [2.75, 3.05) is 0 Å². The molecule has 9 heteroatoms. The lowest BCUT2D eigenvalue weighted by Crippen LogP contribution is -2.35. The predicted molar refractivity (Wildman–Crippen MR) is 163 cm³/mol. The van der Waals surface area contributed by atoms with Crippen LogP contribution < -0.4 is 4.18 Å². The normalized spacial score (nSPS) is 26.2. The maximum absolute atomic E-state index is 13.5. The lowest BCUT2D eigenvalue weighted by atomic mass is 9.61. The van der Waals surface area contributed by atoms with Gasteiger partial charge in [-0.15, -0.1) is 5.10 Å². The van der Waals surface area contributed by atoms with E-state index in [1.54, 1.807) is 30.3 Å². The summed E-state index contributed by atoms with van der Waals surface area (Å²) in [6.07, 6.45) is 5.13. The molecule has 0 saturated heterocycles. The Morgan fingerprint density at radius 2 is 1.79 bits per heavy atom. The zero-order valence-electron chi connectivity index (χ0n) is 23.8. The summed E-state index contributed by atoms with van der Waals surface area (Å²) in [4.78, 5) is 13.6. The number of halogens is 1. The fraction of sp³-hybridized carbons (Fsp3) is 0.364. The summed E-state index contributed by atoms with van der Waals surface area (Å²) in [7, 11) is -4.02. The number of ketones is 1. The molecular formula is C33H32BrN3O4S. The van der Waals surface area contributed by atoms with E-state index in [-0.39, 0.29) is 27.6 Å². The second-order valence-corrected chi connectivity index (χ2v) is 15.1. The first-order valence-electron chi connectivity index (χ1n) is 14.3. The third kappa shape index (κ3) is 4.27. The summed E-state index contributed by atoms with van der Waals surface area (Å²) >= 11 is 3.49. The molecule has 2 fully saturated rings. The second-order valence-electron chi connectivity index (χ2n) is 12.6. The lowest BCUT2D eigenvalue weighted by Gasteiger charge is -2.42. The molecule has 4 aromatic rings. The Kier molecular flexibility index (Phi) is 6.30. The van der Waals surface area contributed by atoms with E-state index in [0.29, 0.717) is 24.5 Å². The topological polar surface area (TPSA) is 91.2 Å². The van der Waals surface area contributed by atoms with Crippen molar-refractivity contribution < 1.29 is 17.4 Å². The number of aryl methyl sites for hydroxylation is 1. The first-order chi connectivity index (χ1) is 20.0. The van der Waals surface area contributed by atoms with Crippen LogP contribution >= 0.6 is 15.9 Å². The maximum atomic E-state index is 13.5. The highest BCUT2D eigenvalue weighted by Gasteiger charge is 2.65. The van der Waals surface area contributed by atoms with Crippen molar-refractivity contribution in [3.63, 3.8) is 0 Å². The molecule has 216 valence electrons. The van der Waals surface area contributed by atoms with E-state index in [1.807, 2.05) is 55.1 Å². The molecule has 0 aliphatic heterocycles. The standard InChI is InChI=1S/C33H32BrN3O4S/c1-20-4-10-24(11-5-20)42(39,40)41-29-13-12-25-26-14-15-32(3)19-33(26,16-30(32)38)27(31(25)21(29)2)17-37-18-28(35-36-37)22-6-8-23(34)9-7-22/h4-13,18,26-27H,14-17,19H2,1-3H3/t26-,27-,32-,33+/m0/s1. The first-order valence-corrected chi connectivity index (χ1v) is 16.5. The van der Waals surface area contributed by atoms with Crippen LogP contribution in [-0.2, 0) is 21.5 Å². The molecule has 1 spiro atoms. The lowest BCUT2D eigenvalue weighted by molar-refractivity contribution is -0.125. The van der Waals surface area contributed by atoms with E-state index in [4.69, 9.17) is 4.18 Å². The van der Waals surface area contributed by atoms with Crippen LogP contribution in [0.5, 0.6) is 5.75 Å². The highest BCUT2D eigenvalue weighted by Crippen LogP contribution is 2.72. The van der Waals surface area contributed by atoms with Crippen molar-refractivity contribution in [2.24, 2.45) is 10.8 Å². The van der Waals surface area contributed by atoms with Gasteiger partial charge in [-0.3, -0.25) is 9.48 Å². The molecule has 3 aromatic carbocycles. The largest absolute Gasteiger partial charge is 0.379 e. The Bertz CT molecular complexity index is 1830. The zero-order chi connectivity index (χ0) is 29.4. The van der Waals surface area contributed by atoms with Crippen LogP contribution in [0.1, 0.15) is 66.7 Å². The highest BCUT2D eigenvalue weighted by atomic mass is 79.9. The van der Waals surface area contributed by atoms with Gasteiger partial charge < -0.3 is 4.18 Å². The fourth-order valence-electron chi connectivity index (χ4n) is 7.92. The van der Waals surface area contributed by atoms with Gasteiger partial charge in [-0.1, -0.05) is 64.0 Å². The van der Waals surface area contributed by atoms with Crippen LogP contribution in [0.4, 0.5) is 0 Å². The third-order valence-corrected chi connectivity index (χ3v) is 11.8. The average Bonchev–Trinajstić information content (AvgIpc) is 3.58. The Balaban J connectivity index is 1.30. The molecule has 1 heterocycles. The Labute approximate surface area is 254 Å². The van der Waals surface area contributed by atoms with Crippen molar-refractivity contribution in [3.8, 4) is 17.0 Å². The molecule has 2 saturated carbocycles. The van der Waals surface area contributed by atoms with Gasteiger partial charge in [0, 0.05) is 27.8 Å². The van der Waals surface area contributed by atoms with Crippen LogP contribution in [0.15, 0.2) is 76.2 Å². The summed E-state index contributed by atoms with van der Waals surface area (Å²) in [5.41, 5.74) is 5.29. The summed E-state index contributed by atoms with van der Waals surface area (Å²) in [6, 6.07) is 18.5. The van der Waals surface area contributed by atoms with Crippen molar-refractivity contribution in [3.05, 3.63) is 93.6 Å². The predicted octanol–water partition coefficient (Wildman–Crippen LogP) is 7.12. The van der Waals surface area contributed by atoms with Gasteiger partial charge in [0.1, 0.15) is 22.1 Å². The number of benzene rings is 3. The number of aromatic nitrogens is 3. The number of carbonyl (C=O) groups is 1. The fourth-order valence-corrected chi connectivity index (χ4v) is 9.17. The van der Waals surface area contributed by atoms with E-state index in [0.717, 1.165) is 51.7 Å². The van der Waals surface area contributed by atoms with Gasteiger partial charge in [0.2, 0.25) is 0 Å². The number of hydrogen-bond acceptors (Lipinski definition) is 6. The van der Waals surface area contributed by atoms with Crippen molar-refractivity contribution in [1.82, 2.24) is 15.0 Å². The molecule has 4 atom stereocenters. The maximum Gasteiger partial charge on any atom is 0.339 e. The smallest absolute Gasteiger partial charge is 0.339 e. The molecule has 0 unspecified atom stereocenters. The molecule has 2 bridgehead atoms. The second kappa shape index (κ2) is 9.61. The van der Waals surface area contributed by atoms with Crippen molar-refractivity contribution in [1.29, 1.82) is 0 Å². The number of rotatable bonds is 6. The molecule has 0 amide bonds. The molecule has 7 rings (SSSR count). The van der Waals surface area contributed by atoms with Crippen LogP contribution in [0.3, 0.4) is 0 Å². The summed E-state index contributed by atoms with van der Waals surface area (Å²) in [6.45, 7) is 6.53. The van der Waals surface area contributed by atoms with E-state index >= 15 is 0 Å². The quantitative estimate of drug-likeness (QED) is 0.207. The molecule has 3 aliphatic carbocycles. The highest BCUT2D eigenvalue weighted by molar-refractivity contribution is 9.10. The minimum Gasteiger partial charge on any atom is -0.379 e. The molecule has 42 heavy (non-hydrogen) atoms. The van der Waals surface area contributed by atoms with Crippen molar-refractivity contribution >= 4 is 31.8 Å². The average molecular weight is 647 g/mol. The third-order valence-electron chi connectivity index (χ3n) is 10.0. The number of carbonyl (C=O) groups excluding carboxylic acids is 1. The van der Waals surface area contributed by atoms with E-state index in [1.165, 1.54) is 5.56 Å². The van der Waals surface area contributed by atoms with Gasteiger partial charge in [-0.2, -0.15) is 8.42 Å². The Hall–Kier alpha value is -3.30. The molecular weight excluding hydrogens is 614 g/mol. The minimum absolute atomic E-state index is 0.0336. The van der Waals surface area contributed by atoms with E-state index < -0.39 is 10.1 Å². The summed E-state index contributed by atoms with van der Waals surface area (Å²) in [5.74, 6) is 0.866. The number of hydrogen-bond donors (Lipinski definition) is 0. The van der Waals surface area contributed by atoms with E-state index in [2.05, 4.69) is 33.2 Å². The molecule has 7 nitrogen and oxygen atoms in total. The number of fused-ring (bicyclic) bond motifs is 3.